The molecule has 2 aromatic carbocycles. The van der Waals surface area contributed by atoms with Crippen molar-refractivity contribution in [1.29, 1.82) is 0 Å². The first-order valence-electron chi connectivity index (χ1n) is 5.73. The monoisotopic (exact) mass is 239 g/mol. The molecule has 4 nitrogen and oxygen atoms in total. The Morgan fingerprint density at radius 1 is 1.00 bits per heavy atom. The Kier molecular flexibility index (Phi) is 2.50. The van der Waals surface area contributed by atoms with E-state index >= 15 is 0 Å². The minimum absolute atomic E-state index is 0.447. The molecule has 1 heterocycles. The highest BCUT2D eigenvalue weighted by atomic mass is 16.3. The molecule has 0 spiro atoms. The second kappa shape index (κ2) is 4.16. The van der Waals surface area contributed by atoms with E-state index in [0.717, 1.165) is 16.6 Å². The maximum Gasteiger partial charge on any atom is 0.161 e. The van der Waals surface area contributed by atoms with Gasteiger partial charge in [0.25, 0.3) is 0 Å². The second-order valence-electron chi connectivity index (χ2n) is 4.14. The summed E-state index contributed by atoms with van der Waals surface area (Å²) in [5.41, 5.74) is 2.37. The van der Waals surface area contributed by atoms with Crippen molar-refractivity contribution in [3.8, 4) is 0 Å². The average molecular weight is 239 g/mol. The van der Waals surface area contributed by atoms with Gasteiger partial charge < -0.3 is 10.9 Å². The predicted octanol–water partition coefficient (Wildman–Crippen LogP) is 1.83. The van der Waals surface area contributed by atoms with Gasteiger partial charge in [-0.25, -0.2) is 9.66 Å². The molecule has 1 atom stereocenters. The molecule has 1 aromatic heterocycles. The smallest absolute Gasteiger partial charge is 0.161 e. The van der Waals surface area contributed by atoms with E-state index < -0.39 is 6.10 Å². The summed E-state index contributed by atoms with van der Waals surface area (Å²) in [5.74, 6) is 6.42. The summed E-state index contributed by atoms with van der Waals surface area (Å²) in [6.07, 6.45) is -0.816. The topological polar surface area (TPSA) is 64.1 Å². The van der Waals surface area contributed by atoms with Crippen LogP contribution >= 0.6 is 0 Å². The molecule has 18 heavy (non-hydrogen) atoms. The third-order valence-corrected chi connectivity index (χ3v) is 2.98. The summed E-state index contributed by atoms with van der Waals surface area (Å²) in [6, 6.07) is 16.9. The van der Waals surface area contributed by atoms with Crippen LogP contribution in [0.1, 0.15) is 17.5 Å². The third-order valence-electron chi connectivity index (χ3n) is 2.98. The molecule has 0 unspecified atom stereocenters. The highest BCUT2D eigenvalue weighted by molar-refractivity contribution is 5.76. The Bertz CT molecular complexity index is 676. The number of aromatic nitrogens is 2. The van der Waals surface area contributed by atoms with Gasteiger partial charge in [-0.1, -0.05) is 42.5 Å². The van der Waals surface area contributed by atoms with Crippen LogP contribution in [0.15, 0.2) is 54.6 Å². The molecule has 0 saturated heterocycles. The van der Waals surface area contributed by atoms with E-state index in [-0.39, 0.29) is 0 Å². The van der Waals surface area contributed by atoms with E-state index in [0.29, 0.717) is 5.82 Å². The highest BCUT2D eigenvalue weighted by Gasteiger charge is 2.17. The minimum Gasteiger partial charge on any atom is -0.380 e. The maximum absolute atomic E-state index is 10.3. The van der Waals surface area contributed by atoms with Crippen molar-refractivity contribution in [1.82, 2.24) is 9.66 Å². The molecule has 0 fully saturated rings. The quantitative estimate of drug-likeness (QED) is 0.670. The minimum atomic E-state index is -0.816. The highest BCUT2D eigenvalue weighted by Crippen LogP contribution is 2.23. The van der Waals surface area contributed by atoms with E-state index in [1.54, 1.807) is 0 Å². The van der Waals surface area contributed by atoms with Crippen LogP contribution in [0.5, 0.6) is 0 Å². The molecule has 0 aliphatic carbocycles. The summed E-state index contributed by atoms with van der Waals surface area (Å²) >= 11 is 0. The number of nitrogen functional groups attached to an aromatic ring is 1. The lowest BCUT2D eigenvalue weighted by Gasteiger charge is -2.10. The van der Waals surface area contributed by atoms with Gasteiger partial charge in [0.2, 0.25) is 0 Å². The van der Waals surface area contributed by atoms with Gasteiger partial charge in [0, 0.05) is 0 Å². The molecule has 0 aliphatic rings. The van der Waals surface area contributed by atoms with Crippen molar-refractivity contribution in [2.45, 2.75) is 6.10 Å². The molecule has 90 valence electrons. The molecule has 4 heteroatoms. The Hall–Kier alpha value is -2.33. The van der Waals surface area contributed by atoms with Gasteiger partial charge in [0.1, 0.15) is 6.10 Å². The largest absolute Gasteiger partial charge is 0.380 e. The van der Waals surface area contributed by atoms with Crippen LogP contribution in [-0.2, 0) is 0 Å². The third kappa shape index (κ3) is 1.63. The normalized spacial score (nSPS) is 12.7. The van der Waals surface area contributed by atoms with Gasteiger partial charge in [-0.15, -0.1) is 0 Å². The van der Waals surface area contributed by atoms with E-state index in [9.17, 15) is 5.11 Å². The number of imidazole rings is 1. The standard InChI is InChI=1S/C14H13N3O/c15-17-12-9-5-4-8-11(12)16-14(17)13(18)10-6-2-1-3-7-10/h1-9,13,18H,15H2/t13-/m1/s1. The maximum atomic E-state index is 10.3. The van der Waals surface area contributed by atoms with E-state index in [4.69, 9.17) is 5.84 Å². The molecule has 0 amide bonds. The van der Waals surface area contributed by atoms with Crippen LogP contribution in [0.4, 0.5) is 0 Å². The lowest BCUT2D eigenvalue weighted by atomic mass is 10.1. The molecular weight excluding hydrogens is 226 g/mol. The number of aliphatic hydroxyl groups is 1. The molecule has 0 radical (unpaired) electrons. The lowest BCUT2D eigenvalue weighted by molar-refractivity contribution is 0.208. The predicted molar refractivity (Wildman–Crippen MR) is 70.4 cm³/mol. The van der Waals surface area contributed by atoms with Gasteiger partial charge in [-0.05, 0) is 17.7 Å². The summed E-state index contributed by atoms with van der Waals surface area (Å²) in [4.78, 5) is 4.38. The van der Waals surface area contributed by atoms with Crippen LogP contribution in [0.3, 0.4) is 0 Å². The number of nitrogens with zero attached hydrogens (tertiary/aromatic N) is 2. The summed E-state index contributed by atoms with van der Waals surface area (Å²) in [6.45, 7) is 0. The van der Waals surface area contributed by atoms with Crippen molar-refractivity contribution in [3.63, 3.8) is 0 Å². The van der Waals surface area contributed by atoms with Gasteiger partial charge in [-0.3, -0.25) is 0 Å². The number of benzene rings is 2. The first-order valence-corrected chi connectivity index (χ1v) is 5.73. The molecule has 3 rings (SSSR count). The Morgan fingerprint density at radius 2 is 1.67 bits per heavy atom. The first kappa shape index (κ1) is 10.8. The van der Waals surface area contributed by atoms with Crippen LogP contribution in [0, 0.1) is 0 Å². The fourth-order valence-electron chi connectivity index (χ4n) is 2.04. The summed E-state index contributed by atoms with van der Waals surface area (Å²) in [5, 5.41) is 10.3. The number of para-hydroxylation sites is 2. The summed E-state index contributed by atoms with van der Waals surface area (Å²) in [7, 11) is 0. The molecular formula is C14H13N3O. The van der Waals surface area contributed by atoms with Gasteiger partial charge in [0.15, 0.2) is 5.82 Å². The van der Waals surface area contributed by atoms with Crippen LogP contribution in [0.25, 0.3) is 11.0 Å². The Balaban J connectivity index is 2.12. The van der Waals surface area contributed by atoms with Crippen molar-refractivity contribution >= 4 is 11.0 Å². The van der Waals surface area contributed by atoms with E-state index in [2.05, 4.69) is 4.98 Å². The number of nitrogens with two attached hydrogens (primary N) is 1. The molecule has 0 bridgehead atoms. The van der Waals surface area contributed by atoms with E-state index in [1.807, 2.05) is 54.6 Å². The first-order chi connectivity index (χ1) is 8.77. The van der Waals surface area contributed by atoms with Crippen molar-refractivity contribution in [2.75, 3.05) is 5.84 Å². The lowest BCUT2D eigenvalue weighted by Crippen LogP contribution is -2.16. The average Bonchev–Trinajstić information content (AvgIpc) is 2.77. The fourth-order valence-corrected chi connectivity index (χ4v) is 2.04. The van der Waals surface area contributed by atoms with Gasteiger partial charge in [-0.2, -0.15) is 0 Å². The van der Waals surface area contributed by atoms with Crippen LogP contribution in [0.2, 0.25) is 0 Å². The SMILES string of the molecule is Nn1c([C@H](O)c2ccccc2)nc2ccccc21. The molecule has 3 aromatic rings. The fraction of sp³-hybridized carbons (Fsp3) is 0.0714. The number of hydrogen-bond donors (Lipinski definition) is 2. The molecule has 0 aliphatic heterocycles. The number of fused-ring (bicyclic) bond motifs is 1. The number of rotatable bonds is 2. The van der Waals surface area contributed by atoms with Crippen LogP contribution < -0.4 is 5.84 Å². The zero-order valence-corrected chi connectivity index (χ0v) is 9.69. The van der Waals surface area contributed by atoms with E-state index in [1.165, 1.54) is 4.68 Å². The Labute approximate surface area is 104 Å². The molecule has 0 saturated carbocycles. The number of aliphatic hydroxyl groups excluding tert-OH is 1. The van der Waals surface area contributed by atoms with Crippen molar-refractivity contribution < 1.29 is 5.11 Å². The van der Waals surface area contributed by atoms with Crippen LogP contribution in [-0.4, -0.2) is 14.8 Å². The molecule has 3 N–H and O–H groups in total. The van der Waals surface area contributed by atoms with Gasteiger partial charge in [0.05, 0.1) is 11.0 Å². The van der Waals surface area contributed by atoms with Gasteiger partial charge >= 0.3 is 0 Å². The second-order valence-corrected chi connectivity index (χ2v) is 4.14. The zero-order valence-electron chi connectivity index (χ0n) is 9.69. The Morgan fingerprint density at radius 3 is 2.39 bits per heavy atom. The van der Waals surface area contributed by atoms with Crippen molar-refractivity contribution in [2.24, 2.45) is 0 Å². The summed E-state index contributed by atoms with van der Waals surface area (Å²) < 4.78 is 1.44. The number of hydrogen-bond acceptors (Lipinski definition) is 3. The van der Waals surface area contributed by atoms with Crippen molar-refractivity contribution in [3.05, 3.63) is 66.0 Å². The zero-order chi connectivity index (χ0) is 12.5.